The molecule has 3 nitrogen and oxygen atoms in total. The van der Waals surface area contributed by atoms with Gasteiger partial charge in [-0.1, -0.05) is 17.7 Å². The van der Waals surface area contributed by atoms with E-state index in [0.717, 1.165) is 11.3 Å². The average Bonchev–Trinajstić information content (AvgIpc) is 2.49. The highest BCUT2D eigenvalue weighted by molar-refractivity contribution is 6.10. The molecule has 0 saturated carbocycles. The highest BCUT2D eigenvalue weighted by Crippen LogP contribution is 2.23. The molecule has 0 radical (unpaired) electrons. The summed E-state index contributed by atoms with van der Waals surface area (Å²) in [7, 11) is 0. The van der Waals surface area contributed by atoms with Crippen LogP contribution in [-0.4, -0.2) is 17.6 Å². The molecule has 1 atom stereocenters. The Hall–Kier alpha value is -1.90. The minimum absolute atomic E-state index is 0.0355. The lowest BCUT2D eigenvalue weighted by Gasteiger charge is -2.19. The monoisotopic (exact) mass is 271 g/mol. The molecule has 1 N–H and O–H groups in total. The Labute approximate surface area is 120 Å². The molecule has 0 fully saturated rings. The lowest BCUT2D eigenvalue weighted by Crippen LogP contribution is -2.29. The van der Waals surface area contributed by atoms with Gasteiger partial charge in [0.05, 0.1) is 6.04 Å². The van der Waals surface area contributed by atoms with E-state index in [-0.39, 0.29) is 17.6 Å². The third-order valence-electron chi connectivity index (χ3n) is 4.04. The van der Waals surface area contributed by atoms with E-state index in [9.17, 15) is 9.59 Å². The molecule has 0 aliphatic heterocycles. The smallest absolute Gasteiger partial charge is 0.181 e. The molecule has 1 aromatic rings. The zero-order valence-corrected chi connectivity index (χ0v) is 12.5. The molecule has 20 heavy (non-hydrogen) atoms. The van der Waals surface area contributed by atoms with Gasteiger partial charge < -0.3 is 5.32 Å². The number of Topliss-reactive ketones (excluding diaryl/α,β-unsaturated/α-hetero) is 2. The average molecular weight is 271 g/mol. The van der Waals surface area contributed by atoms with E-state index in [4.69, 9.17) is 0 Å². The van der Waals surface area contributed by atoms with Crippen molar-refractivity contribution >= 4 is 17.3 Å². The topological polar surface area (TPSA) is 46.2 Å². The highest BCUT2D eigenvalue weighted by atomic mass is 16.1. The Kier molecular flexibility index (Phi) is 4.07. The standard InChI is InChI=1S/C17H21NO2/c1-10-5-6-14(11(2)9-10)18-15-7-8-16(19)12(3)13(4)17(15)20/h5-6,9,15,18H,7-8H2,1-4H3. The number of carbonyl (C=O) groups excluding carboxylic acids is 2. The van der Waals surface area contributed by atoms with E-state index >= 15 is 0 Å². The fourth-order valence-electron chi connectivity index (χ4n) is 2.55. The highest BCUT2D eigenvalue weighted by Gasteiger charge is 2.27. The first-order chi connectivity index (χ1) is 9.40. The number of rotatable bonds is 2. The van der Waals surface area contributed by atoms with Crippen LogP contribution in [0.15, 0.2) is 29.3 Å². The maximum absolute atomic E-state index is 12.4. The second-order valence-corrected chi connectivity index (χ2v) is 5.59. The van der Waals surface area contributed by atoms with Crippen LogP contribution >= 0.6 is 0 Å². The second-order valence-electron chi connectivity index (χ2n) is 5.59. The number of allylic oxidation sites excluding steroid dienone is 1. The van der Waals surface area contributed by atoms with Crippen LogP contribution in [0.5, 0.6) is 0 Å². The summed E-state index contributed by atoms with van der Waals surface area (Å²) in [5.41, 5.74) is 4.48. The van der Waals surface area contributed by atoms with Crippen LogP contribution in [0, 0.1) is 13.8 Å². The Bertz CT molecular complexity index is 599. The predicted octanol–water partition coefficient (Wildman–Crippen LogP) is 3.35. The summed E-state index contributed by atoms with van der Waals surface area (Å²) in [5.74, 6) is 0.120. The molecule has 0 bridgehead atoms. The van der Waals surface area contributed by atoms with Crippen molar-refractivity contribution in [1.29, 1.82) is 0 Å². The molecule has 0 amide bonds. The molecule has 0 spiro atoms. The van der Waals surface area contributed by atoms with Gasteiger partial charge in [-0.2, -0.15) is 0 Å². The van der Waals surface area contributed by atoms with Gasteiger partial charge in [0.15, 0.2) is 11.6 Å². The largest absolute Gasteiger partial charge is 0.375 e. The van der Waals surface area contributed by atoms with Gasteiger partial charge in [-0.3, -0.25) is 9.59 Å². The molecule has 3 heteroatoms. The van der Waals surface area contributed by atoms with Crippen LogP contribution in [0.3, 0.4) is 0 Å². The molecule has 1 unspecified atom stereocenters. The number of aryl methyl sites for hydroxylation is 2. The minimum atomic E-state index is -0.308. The summed E-state index contributed by atoms with van der Waals surface area (Å²) in [6.07, 6.45) is 0.983. The summed E-state index contributed by atoms with van der Waals surface area (Å²) in [4.78, 5) is 24.3. The van der Waals surface area contributed by atoms with Crippen LogP contribution in [0.2, 0.25) is 0 Å². The third-order valence-corrected chi connectivity index (χ3v) is 4.04. The van der Waals surface area contributed by atoms with E-state index < -0.39 is 0 Å². The Morgan fingerprint density at radius 1 is 1.05 bits per heavy atom. The van der Waals surface area contributed by atoms with Crippen molar-refractivity contribution < 1.29 is 9.59 Å². The molecule has 106 valence electrons. The Morgan fingerprint density at radius 3 is 2.40 bits per heavy atom. The SMILES string of the molecule is CC1=C(C)C(=O)C(Nc2ccc(C)cc2C)CCC1=O. The number of nitrogens with one attached hydrogen (secondary N) is 1. The fourth-order valence-corrected chi connectivity index (χ4v) is 2.55. The number of anilines is 1. The van der Waals surface area contributed by atoms with Gasteiger partial charge >= 0.3 is 0 Å². The van der Waals surface area contributed by atoms with Gasteiger partial charge in [0.1, 0.15) is 0 Å². The van der Waals surface area contributed by atoms with Crippen LogP contribution in [0.4, 0.5) is 5.69 Å². The van der Waals surface area contributed by atoms with Crippen molar-refractivity contribution in [2.24, 2.45) is 0 Å². The normalized spacial score (nSPS) is 20.1. The third kappa shape index (κ3) is 2.82. The van der Waals surface area contributed by atoms with E-state index in [1.165, 1.54) is 5.56 Å². The lowest BCUT2D eigenvalue weighted by atomic mass is 10.0. The Balaban J connectivity index is 2.25. The van der Waals surface area contributed by atoms with Crippen LogP contribution < -0.4 is 5.32 Å². The molecule has 1 aromatic carbocycles. The van der Waals surface area contributed by atoms with E-state index in [2.05, 4.69) is 11.4 Å². The van der Waals surface area contributed by atoms with Crippen molar-refractivity contribution in [3.63, 3.8) is 0 Å². The fraction of sp³-hybridized carbons (Fsp3) is 0.412. The van der Waals surface area contributed by atoms with Crippen LogP contribution in [0.25, 0.3) is 0 Å². The molecule has 1 aliphatic carbocycles. The van der Waals surface area contributed by atoms with Gasteiger partial charge in [-0.15, -0.1) is 0 Å². The summed E-state index contributed by atoms with van der Waals surface area (Å²) in [6.45, 7) is 7.56. The van der Waals surface area contributed by atoms with Crippen molar-refractivity contribution in [2.75, 3.05) is 5.32 Å². The van der Waals surface area contributed by atoms with E-state index in [0.29, 0.717) is 24.0 Å². The molecular weight excluding hydrogens is 250 g/mol. The van der Waals surface area contributed by atoms with Crippen molar-refractivity contribution in [3.05, 3.63) is 40.5 Å². The van der Waals surface area contributed by atoms with E-state index in [1.807, 2.05) is 26.0 Å². The molecule has 0 heterocycles. The summed E-state index contributed by atoms with van der Waals surface area (Å²) in [5, 5.41) is 3.30. The maximum Gasteiger partial charge on any atom is 0.181 e. The summed E-state index contributed by atoms with van der Waals surface area (Å²) in [6, 6.07) is 5.80. The van der Waals surface area contributed by atoms with Crippen LogP contribution in [0.1, 0.15) is 37.8 Å². The minimum Gasteiger partial charge on any atom is -0.375 e. The Morgan fingerprint density at radius 2 is 1.75 bits per heavy atom. The lowest BCUT2D eigenvalue weighted by molar-refractivity contribution is -0.116. The maximum atomic E-state index is 12.4. The zero-order chi connectivity index (χ0) is 14.9. The second kappa shape index (κ2) is 5.61. The molecule has 2 rings (SSSR count). The molecule has 1 aliphatic rings. The quantitative estimate of drug-likeness (QED) is 0.897. The first-order valence-corrected chi connectivity index (χ1v) is 6.99. The van der Waals surface area contributed by atoms with Crippen molar-refractivity contribution in [3.8, 4) is 0 Å². The van der Waals surface area contributed by atoms with Gasteiger partial charge in [0.25, 0.3) is 0 Å². The summed E-state index contributed by atoms with van der Waals surface area (Å²) >= 11 is 0. The van der Waals surface area contributed by atoms with Gasteiger partial charge in [-0.25, -0.2) is 0 Å². The molecular formula is C17H21NO2. The van der Waals surface area contributed by atoms with Gasteiger partial charge in [-0.05, 0) is 51.3 Å². The number of benzene rings is 1. The molecule has 0 saturated heterocycles. The van der Waals surface area contributed by atoms with Crippen molar-refractivity contribution in [2.45, 2.75) is 46.6 Å². The van der Waals surface area contributed by atoms with Gasteiger partial charge in [0, 0.05) is 17.7 Å². The van der Waals surface area contributed by atoms with Crippen LogP contribution in [-0.2, 0) is 9.59 Å². The molecule has 0 aromatic heterocycles. The first kappa shape index (κ1) is 14.5. The van der Waals surface area contributed by atoms with Gasteiger partial charge in [0.2, 0.25) is 0 Å². The first-order valence-electron chi connectivity index (χ1n) is 6.99. The zero-order valence-electron chi connectivity index (χ0n) is 12.5. The predicted molar refractivity (Wildman–Crippen MR) is 80.9 cm³/mol. The number of ketones is 2. The van der Waals surface area contributed by atoms with Crippen molar-refractivity contribution in [1.82, 2.24) is 0 Å². The van der Waals surface area contributed by atoms with E-state index in [1.54, 1.807) is 13.8 Å². The number of hydrogen-bond acceptors (Lipinski definition) is 3. The number of hydrogen-bond donors (Lipinski definition) is 1. The number of carbonyl (C=O) groups is 2. The summed E-state index contributed by atoms with van der Waals surface area (Å²) < 4.78 is 0.